The number of hydrogen-bond acceptors (Lipinski definition) is 6. The third-order valence-electron chi connectivity index (χ3n) is 4.60. The van der Waals surface area contributed by atoms with Gasteiger partial charge in [-0.2, -0.15) is 0 Å². The number of hydrogen-bond donors (Lipinski definition) is 3. The average Bonchev–Trinajstić information content (AvgIpc) is 2.79. The lowest BCUT2D eigenvalue weighted by Crippen LogP contribution is -2.30. The zero-order valence-corrected chi connectivity index (χ0v) is 16.4. The van der Waals surface area contributed by atoms with Crippen LogP contribution in [-0.2, 0) is 11.2 Å². The van der Waals surface area contributed by atoms with Gasteiger partial charge in [-0.15, -0.1) is 10.2 Å². The summed E-state index contributed by atoms with van der Waals surface area (Å²) in [6.07, 6.45) is 3.77. The van der Waals surface area contributed by atoms with Gasteiger partial charge >= 0.3 is 0 Å². The second-order valence-corrected chi connectivity index (χ2v) is 6.76. The van der Waals surface area contributed by atoms with Crippen LogP contribution in [0.2, 0.25) is 0 Å². The molecule has 1 amide bonds. The SMILES string of the molecule is O=C(Cc1cccc2ccccc12)NCCNc1ccc(Nc2ccncc2)nn1. The Balaban J connectivity index is 1.22. The first kappa shape index (κ1) is 19.3. The number of aromatic nitrogens is 3. The molecule has 7 heteroatoms. The number of pyridine rings is 1. The summed E-state index contributed by atoms with van der Waals surface area (Å²) in [6.45, 7) is 1.06. The van der Waals surface area contributed by atoms with Gasteiger partial charge in [0, 0.05) is 31.2 Å². The van der Waals surface area contributed by atoms with Gasteiger partial charge < -0.3 is 16.0 Å². The summed E-state index contributed by atoms with van der Waals surface area (Å²) in [4.78, 5) is 16.3. The number of nitrogens with one attached hydrogen (secondary N) is 3. The molecule has 0 unspecified atom stereocenters. The maximum atomic E-state index is 12.3. The third-order valence-corrected chi connectivity index (χ3v) is 4.60. The average molecular weight is 398 g/mol. The Morgan fingerprint density at radius 3 is 2.40 bits per heavy atom. The Morgan fingerprint density at radius 2 is 1.57 bits per heavy atom. The third kappa shape index (κ3) is 5.08. The maximum absolute atomic E-state index is 12.3. The van der Waals surface area contributed by atoms with Crippen LogP contribution in [0.1, 0.15) is 5.56 Å². The highest BCUT2D eigenvalue weighted by molar-refractivity contribution is 5.90. The molecule has 0 aliphatic carbocycles. The molecule has 0 bridgehead atoms. The molecule has 3 N–H and O–H groups in total. The molecule has 0 saturated carbocycles. The molecule has 2 aromatic carbocycles. The molecule has 30 heavy (non-hydrogen) atoms. The predicted molar refractivity (Wildman–Crippen MR) is 119 cm³/mol. The Hall–Kier alpha value is -4.00. The topological polar surface area (TPSA) is 91.8 Å². The standard InChI is InChI=1S/C23H22N6O/c30-23(16-18-6-3-5-17-4-1-2-7-20(17)18)26-15-14-25-21-8-9-22(29-28-21)27-19-10-12-24-13-11-19/h1-13H,14-16H2,(H,25,28)(H,26,30)(H,24,27,29). The minimum absolute atomic E-state index is 0.00358. The van der Waals surface area contributed by atoms with Crippen molar-refractivity contribution in [1.29, 1.82) is 0 Å². The van der Waals surface area contributed by atoms with Crippen LogP contribution in [0, 0.1) is 0 Å². The minimum Gasteiger partial charge on any atom is -0.367 e. The summed E-state index contributed by atoms with van der Waals surface area (Å²) in [6, 6.07) is 21.5. The number of anilines is 3. The van der Waals surface area contributed by atoms with E-state index in [-0.39, 0.29) is 5.91 Å². The Labute approximate surface area is 174 Å². The molecular formula is C23H22N6O. The molecule has 7 nitrogen and oxygen atoms in total. The van der Waals surface area contributed by atoms with Crippen LogP contribution in [0.3, 0.4) is 0 Å². The second-order valence-electron chi connectivity index (χ2n) is 6.76. The van der Waals surface area contributed by atoms with Gasteiger partial charge in [0.2, 0.25) is 5.91 Å². The Morgan fingerprint density at radius 1 is 0.800 bits per heavy atom. The molecule has 0 fully saturated rings. The fourth-order valence-corrected chi connectivity index (χ4v) is 3.15. The van der Waals surface area contributed by atoms with E-state index in [1.165, 1.54) is 0 Å². The van der Waals surface area contributed by atoms with Crippen LogP contribution < -0.4 is 16.0 Å². The predicted octanol–water partition coefficient (Wildman–Crippen LogP) is 3.54. The van der Waals surface area contributed by atoms with Gasteiger partial charge in [0.15, 0.2) is 5.82 Å². The molecule has 2 aromatic heterocycles. The monoisotopic (exact) mass is 398 g/mol. The molecule has 0 atom stereocenters. The van der Waals surface area contributed by atoms with Gasteiger partial charge in [0.05, 0.1) is 6.42 Å². The smallest absolute Gasteiger partial charge is 0.224 e. The van der Waals surface area contributed by atoms with E-state index in [9.17, 15) is 4.79 Å². The van der Waals surface area contributed by atoms with Crippen molar-refractivity contribution in [2.45, 2.75) is 6.42 Å². The van der Waals surface area contributed by atoms with E-state index in [4.69, 9.17) is 0 Å². The molecule has 0 saturated heterocycles. The van der Waals surface area contributed by atoms with Gasteiger partial charge in [0.25, 0.3) is 0 Å². The van der Waals surface area contributed by atoms with Crippen molar-refractivity contribution in [1.82, 2.24) is 20.5 Å². The number of benzene rings is 2. The molecule has 0 spiro atoms. The van der Waals surface area contributed by atoms with E-state index < -0.39 is 0 Å². The Bertz CT molecular complexity index is 1110. The minimum atomic E-state index is -0.00358. The summed E-state index contributed by atoms with van der Waals surface area (Å²) in [5, 5.41) is 19.8. The van der Waals surface area contributed by atoms with E-state index in [0.717, 1.165) is 22.0 Å². The molecule has 4 aromatic rings. The van der Waals surface area contributed by atoms with Crippen molar-refractivity contribution >= 4 is 34.0 Å². The summed E-state index contributed by atoms with van der Waals surface area (Å²) in [5.41, 5.74) is 1.93. The highest BCUT2D eigenvalue weighted by atomic mass is 16.1. The zero-order valence-electron chi connectivity index (χ0n) is 16.4. The van der Waals surface area contributed by atoms with Crippen LogP contribution in [0.5, 0.6) is 0 Å². The van der Waals surface area contributed by atoms with E-state index >= 15 is 0 Å². The van der Waals surface area contributed by atoms with Crippen molar-refractivity contribution in [3.05, 3.63) is 84.7 Å². The van der Waals surface area contributed by atoms with E-state index in [1.54, 1.807) is 12.4 Å². The fourth-order valence-electron chi connectivity index (χ4n) is 3.15. The van der Waals surface area contributed by atoms with Crippen LogP contribution in [-0.4, -0.2) is 34.2 Å². The van der Waals surface area contributed by atoms with E-state index in [2.05, 4.69) is 43.3 Å². The van der Waals surface area contributed by atoms with Gasteiger partial charge in [-0.05, 0) is 40.6 Å². The quantitative estimate of drug-likeness (QED) is 0.393. The van der Waals surface area contributed by atoms with Gasteiger partial charge in [0.1, 0.15) is 5.82 Å². The van der Waals surface area contributed by atoms with Crippen LogP contribution in [0.15, 0.2) is 79.1 Å². The van der Waals surface area contributed by atoms with Crippen molar-refractivity contribution in [3.8, 4) is 0 Å². The van der Waals surface area contributed by atoms with Gasteiger partial charge in [-0.3, -0.25) is 9.78 Å². The van der Waals surface area contributed by atoms with Gasteiger partial charge in [-0.25, -0.2) is 0 Å². The number of fused-ring (bicyclic) bond motifs is 1. The van der Waals surface area contributed by atoms with Crippen LogP contribution >= 0.6 is 0 Å². The lowest BCUT2D eigenvalue weighted by molar-refractivity contribution is -0.120. The Kier molecular flexibility index (Phi) is 6.10. The number of amides is 1. The molecular weight excluding hydrogens is 376 g/mol. The second kappa shape index (κ2) is 9.47. The lowest BCUT2D eigenvalue weighted by atomic mass is 10.0. The molecule has 0 aliphatic rings. The maximum Gasteiger partial charge on any atom is 0.224 e. The molecule has 0 radical (unpaired) electrons. The first-order valence-corrected chi connectivity index (χ1v) is 9.76. The van der Waals surface area contributed by atoms with Crippen molar-refractivity contribution in [3.63, 3.8) is 0 Å². The van der Waals surface area contributed by atoms with Crippen molar-refractivity contribution in [2.75, 3.05) is 23.7 Å². The lowest BCUT2D eigenvalue weighted by Gasteiger charge is -2.09. The van der Waals surface area contributed by atoms with Crippen LogP contribution in [0.25, 0.3) is 10.8 Å². The number of carbonyl (C=O) groups excluding carboxylic acids is 1. The summed E-state index contributed by atoms with van der Waals surface area (Å²) < 4.78 is 0. The number of nitrogens with zero attached hydrogens (tertiary/aromatic N) is 3. The molecule has 0 aliphatic heterocycles. The van der Waals surface area contributed by atoms with Gasteiger partial charge in [-0.1, -0.05) is 42.5 Å². The zero-order chi connectivity index (χ0) is 20.6. The summed E-state index contributed by atoms with van der Waals surface area (Å²) in [5.74, 6) is 1.30. The largest absolute Gasteiger partial charge is 0.367 e. The molecule has 150 valence electrons. The number of rotatable bonds is 8. The first-order valence-electron chi connectivity index (χ1n) is 9.76. The highest BCUT2D eigenvalue weighted by Gasteiger charge is 2.06. The van der Waals surface area contributed by atoms with E-state index in [0.29, 0.717) is 31.1 Å². The normalized spacial score (nSPS) is 10.5. The highest BCUT2D eigenvalue weighted by Crippen LogP contribution is 2.18. The summed E-state index contributed by atoms with van der Waals surface area (Å²) in [7, 11) is 0. The van der Waals surface area contributed by atoms with Crippen LogP contribution in [0.4, 0.5) is 17.3 Å². The molecule has 4 rings (SSSR count). The first-order chi connectivity index (χ1) is 14.8. The van der Waals surface area contributed by atoms with E-state index in [1.807, 2.05) is 54.6 Å². The number of carbonyl (C=O) groups is 1. The molecule has 2 heterocycles. The van der Waals surface area contributed by atoms with Crippen molar-refractivity contribution in [2.24, 2.45) is 0 Å². The fraction of sp³-hybridized carbons (Fsp3) is 0.130. The summed E-state index contributed by atoms with van der Waals surface area (Å²) >= 11 is 0. The van der Waals surface area contributed by atoms with Crippen molar-refractivity contribution < 1.29 is 4.79 Å².